The zero-order valence-corrected chi connectivity index (χ0v) is 19.4. The second-order valence-corrected chi connectivity index (χ2v) is 7.64. The highest BCUT2D eigenvalue weighted by Crippen LogP contribution is 2.32. The zero-order valence-electron chi connectivity index (χ0n) is 19.4. The number of aryl methyl sites for hydroxylation is 1. The van der Waals surface area contributed by atoms with Crippen molar-refractivity contribution >= 4 is 11.6 Å². The Morgan fingerprint density at radius 1 is 0.973 bits per heavy atom. The number of amides is 1. The Morgan fingerprint density at radius 3 is 2.54 bits per heavy atom. The smallest absolute Gasteiger partial charge is 0.438 e. The predicted molar refractivity (Wildman–Crippen MR) is 127 cm³/mol. The molecule has 0 unspecified atom stereocenters. The van der Waals surface area contributed by atoms with E-state index in [9.17, 15) is 22.4 Å². The van der Waals surface area contributed by atoms with Crippen LogP contribution in [0.15, 0.2) is 79.1 Å². The second-order valence-electron chi connectivity index (χ2n) is 7.64. The van der Waals surface area contributed by atoms with Gasteiger partial charge in [-0.15, -0.1) is 0 Å². The summed E-state index contributed by atoms with van der Waals surface area (Å²) in [7, 11) is 0. The van der Waals surface area contributed by atoms with E-state index in [1.165, 1.54) is 12.1 Å². The maximum absolute atomic E-state index is 13.2. The number of nitrogens with one attached hydrogen (secondary N) is 1. The molecule has 1 N–H and O–H groups in total. The Balaban J connectivity index is 1.51. The Morgan fingerprint density at radius 2 is 1.76 bits per heavy atom. The second kappa shape index (κ2) is 11.0. The molecular weight excluding hydrogens is 492 g/mol. The summed E-state index contributed by atoms with van der Waals surface area (Å²) in [6.07, 6.45) is -4.82. The molecule has 0 spiro atoms. The van der Waals surface area contributed by atoms with E-state index in [4.69, 9.17) is 4.74 Å². The van der Waals surface area contributed by atoms with Gasteiger partial charge in [-0.05, 0) is 48.5 Å². The van der Waals surface area contributed by atoms with Gasteiger partial charge in [-0.1, -0.05) is 19.1 Å². The lowest BCUT2D eigenvalue weighted by Crippen LogP contribution is -2.33. The van der Waals surface area contributed by atoms with Gasteiger partial charge in [0.2, 0.25) is 5.88 Å². The number of hydrogen-bond donors (Lipinski definition) is 1. The topological polar surface area (TPSA) is 86.2 Å². The molecule has 0 aliphatic rings. The van der Waals surface area contributed by atoms with Crippen LogP contribution in [0.3, 0.4) is 0 Å². The van der Waals surface area contributed by atoms with Crippen LogP contribution in [0.25, 0.3) is 11.3 Å². The first-order valence-electron chi connectivity index (χ1n) is 11.1. The van der Waals surface area contributed by atoms with Crippen molar-refractivity contribution in [1.82, 2.24) is 15.0 Å². The van der Waals surface area contributed by atoms with Gasteiger partial charge >= 0.3 is 12.5 Å². The summed E-state index contributed by atoms with van der Waals surface area (Å²) in [5.41, 5.74) is 1.54. The number of aromatic nitrogens is 3. The first-order chi connectivity index (χ1) is 17.7. The number of hydrogen-bond acceptors (Lipinski definition) is 6. The van der Waals surface area contributed by atoms with E-state index in [1.807, 2.05) is 13.0 Å². The summed E-state index contributed by atoms with van der Waals surface area (Å²) >= 11 is 0. The molecule has 190 valence electrons. The molecule has 4 rings (SSSR count). The van der Waals surface area contributed by atoms with Crippen molar-refractivity contribution in [2.45, 2.75) is 25.9 Å². The molecule has 1 amide bonds. The summed E-state index contributed by atoms with van der Waals surface area (Å²) in [5, 5.41) is 2.61. The number of alkyl halides is 4. The SMILES string of the molecule is CCc1nccc(-c2cccnc2Oc2cccc(NC(=O)c3cccc(OC(F)(F)C(F)F)c3)c2)n1. The Kier molecular flexibility index (Phi) is 7.61. The van der Waals surface area contributed by atoms with Crippen LogP contribution >= 0.6 is 0 Å². The van der Waals surface area contributed by atoms with Gasteiger partial charge in [0.15, 0.2) is 0 Å². The summed E-state index contributed by atoms with van der Waals surface area (Å²) in [6.45, 7) is 1.95. The third-order valence-corrected chi connectivity index (χ3v) is 4.98. The maximum Gasteiger partial charge on any atom is 0.461 e. The van der Waals surface area contributed by atoms with Crippen LogP contribution in [0.2, 0.25) is 0 Å². The van der Waals surface area contributed by atoms with Crippen LogP contribution in [0, 0.1) is 0 Å². The predicted octanol–water partition coefficient (Wildman–Crippen LogP) is 6.38. The molecule has 2 heterocycles. The molecule has 11 heteroatoms. The van der Waals surface area contributed by atoms with Crippen molar-refractivity contribution in [1.29, 1.82) is 0 Å². The molecule has 0 fully saturated rings. The van der Waals surface area contributed by atoms with E-state index < -0.39 is 24.2 Å². The highest BCUT2D eigenvalue weighted by Gasteiger charge is 2.44. The molecule has 0 bridgehead atoms. The first-order valence-corrected chi connectivity index (χ1v) is 11.1. The molecule has 4 aromatic rings. The monoisotopic (exact) mass is 512 g/mol. The third kappa shape index (κ3) is 6.37. The quantitative estimate of drug-likeness (QED) is 0.262. The van der Waals surface area contributed by atoms with E-state index in [-0.39, 0.29) is 11.4 Å². The van der Waals surface area contributed by atoms with Gasteiger partial charge < -0.3 is 14.8 Å². The van der Waals surface area contributed by atoms with E-state index in [0.717, 1.165) is 12.1 Å². The average molecular weight is 512 g/mol. The number of halogens is 4. The van der Waals surface area contributed by atoms with E-state index >= 15 is 0 Å². The van der Waals surface area contributed by atoms with Crippen LogP contribution in [0.1, 0.15) is 23.1 Å². The van der Waals surface area contributed by atoms with Crippen molar-refractivity contribution in [2.24, 2.45) is 0 Å². The van der Waals surface area contributed by atoms with Crippen LogP contribution in [-0.4, -0.2) is 33.4 Å². The fourth-order valence-corrected chi connectivity index (χ4v) is 3.24. The summed E-state index contributed by atoms with van der Waals surface area (Å²) in [4.78, 5) is 25.7. The molecule has 37 heavy (non-hydrogen) atoms. The number of rotatable bonds is 9. The molecule has 2 aromatic heterocycles. The molecule has 0 radical (unpaired) electrons. The van der Waals surface area contributed by atoms with Crippen molar-refractivity contribution in [3.05, 3.63) is 90.5 Å². The van der Waals surface area contributed by atoms with Crippen molar-refractivity contribution < 1.29 is 31.8 Å². The first kappa shape index (κ1) is 25.5. The minimum absolute atomic E-state index is 0.0728. The van der Waals surface area contributed by atoms with Gasteiger partial charge in [0.1, 0.15) is 17.3 Å². The van der Waals surface area contributed by atoms with Crippen LogP contribution < -0.4 is 14.8 Å². The van der Waals surface area contributed by atoms with E-state index in [1.54, 1.807) is 48.8 Å². The van der Waals surface area contributed by atoms with Gasteiger partial charge in [-0.2, -0.15) is 17.6 Å². The minimum atomic E-state index is -4.69. The average Bonchev–Trinajstić information content (AvgIpc) is 2.89. The number of benzene rings is 2. The van der Waals surface area contributed by atoms with Crippen LogP contribution in [-0.2, 0) is 6.42 Å². The third-order valence-electron chi connectivity index (χ3n) is 4.98. The fourth-order valence-electron chi connectivity index (χ4n) is 3.24. The van der Waals surface area contributed by atoms with Gasteiger partial charge in [0.05, 0.1) is 11.3 Å². The lowest BCUT2D eigenvalue weighted by atomic mass is 10.2. The lowest BCUT2D eigenvalue weighted by Gasteiger charge is -2.17. The van der Waals surface area contributed by atoms with E-state index in [2.05, 4.69) is 25.0 Å². The molecule has 0 saturated carbocycles. The van der Waals surface area contributed by atoms with Crippen molar-refractivity contribution in [3.8, 4) is 28.6 Å². The van der Waals surface area contributed by atoms with Crippen LogP contribution in [0.4, 0.5) is 23.2 Å². The summed E-state index contributed by atoms with van der Waals surface area (Å²) in [6, 6.07) is 16.3. The maximum atomic E-state index is 13.2. The molecule has 7 nitrogen and oxygen atoms in total. The molecule has 0 saturated heterocycles. The van der Waals surface area contributed by atoms with Crippen molar-refractivity contribution in [3.63, 3.8) is 0 Å². The van der Waals surface area contributed by atoms with E-state index in [0.29, 0.717) is 34.9 Å². The number of ether oxygens (including phenoxy) is 2. The number of carbonyl (C=O) groups is 1. The fraction of sp³-hybridized carbons (Fsp3) is 0.154. The molecule has 0 aliphatic heterocycles. The molecule has 2 aromatic carbocycles. The summed E-state index contributed by atoms with van der Waals surface area (Å²) in [5.74, 6) is 0.0698. The highest BCUT2D eigenvalue weighted by molar-refractivity contribution is 6.04. The van der Waals surface area contributed by atoms with Gasteiger partial charge in [-0.3, -0.25) is 4.79 Å². The lowest BCUT2D eigenvalue weighted by molar-refractivity contribution is -0.253. The highest BCUT2D eigenvalue weighted by atomic mass is 19.3. The van der Waals surface area contributed by atoms with Gasteiger partial charge in [-0.25, -0.2) is 15.0 Å². The Hall–Kier alpha value is -4.54. The number of anilines is 1. The normalized spacial score (nSPS) is 11.3. The number of pyridine rings is 1. The van der Waals surface area contributed by atoms with Crippen LogP contribution in [0.5, 0.6) is 17.4 Å². The summed E-state index contributed by atoms with van der Waals surface area (Å²) < 4.78 is 61.3. The largest absolute Gasteiger partial charge is 0.461 e. The standard InChI is InChI=1S/C26H20F4N4O3/c1-2-22-31-13-11-21(34-22)20-10-5-12-32-24(20)36-18-8-4-7-17(15-18)33-23(35)16-6-3-9-19(14-16)37-26(29,30)25(27)28/h3-15,25H,2H2,1H3,(H,33,35). The number of carbonyl (C=O) groups excluding carboxylic acids is 1. The molecule has 0 aliphatic carbocycles. The molecule has 0 atom stereocenters. The zero-order chi connectivity index (χ0) is 26.4. The number of nitrogens with zero attached hydrogens (tertiary/aromatic N) is 3. The Labute approximate surface area is 209 Å². The molecular formula is C26H20F4N4O3. The van der Waals surface area contributed by atoms with Gasteiger partial charge in [0.25, 0.3) is 5.91 Å². The minimum Gasteiger partial charge on any atom is -0.438 e. The Bertz CT molecular complexity index is 1400. The van der Waals surface area contributed by atoms with Gasteiger partial charge in [0, 0.05) is 36.1 Å². The van der Waals surface area contributed by atoms with Crippen molar-refractivity contribution in [2.75, 3.05) is 5.32 Å².